The Kier molecular flexibility index (Phi) is 36.4. The first-order valence-electron chi connectivity index (χ1n) is 20.1. The number of ether oxygens (including phenoxy) is 2. The third-order valence-corrected chi connectivity index (χ3v) is 8.86. The van der Waals surface area contributed by atoms with Gasteiger partial charge in [0, 0.05) is 13.0 Å². The molecule has 0 spiro atoms. The van der Waals surface area contributed by atoms with Crippen molar-refractivity contribution in [3.8, 4) is 0 Å². The molecule has 11 heteroatoms. The second-order valence-electron chi connectivity index (χ2n) is 13.0. The Labute approximate surface area is 326 Å². The molecule has 3 unspecified atom stereocenters. The first-order chi connectivity index (χ1) is 26.2. The van der Waals surface area contributed by atoms with Gasteiger partial charge in [-0.05, 0) is 83.5 Å². The van der Waals surface area contributed by atoms with Crippen LogP contribution in [-0.4, -0.2) is 60.5 Å². The third-order valence-electron chi connectivity index (χ3n) is 7.91. The van der Waals surface area contributed by atoms with Crippen LogP contribution in [0.15, 0.2) is 85.1 Å². The number of carbonyl (C=O) groups is 2. The molecule has 0 aliphatic rings. The van der Waals surface area contributed by atoms with E-state index in [9.17, 15) is 19.0 Å². The van der Waals surface area contributed by atoms with Crippen molar-refractivity contribution in [3.05, 3.63) is 85.1 Å². The van der Waals surface area contributed by atoms with Crippen molar-refractivity contribution >= 4 is 19.8 Å². The SMILES string of the molecule is CC/C=C\C/C=C\C/C=C\C/C=C\C/C=C\CCCCOCC(COP(=O)(O)OCC(N)C(=O)O)OC(=O)CCCCCCC/C=C\C/C=C\CCCC. The highest BCUT2D eigenvalue weighted by Crippen LogP contribution is 2.43. The van der Waals surface area contributed by atoms with Crippen molar-refractivity contribution in [1.29, 1.82) is 0 Å². The van der Waals surface area contributed by atoms with Crippen LogP contribution in [0.25, 0.3) is 0 Å². The monoisotopic (exact) mass is 777 g/mol. The summed E-state index contributed by atoms with van der Waals surface area (Å²) in [5.41, 5.74) is 5.34. The van der Waals surface area contributed by atoms with E-state index in [1.165, 1.54) is 12.8 Å². The highest BCUT2D eigenvalue weighted by molar-refractivity contribution is 7.47. The molecule has 10 nitrogen and oxygen atoms in total. The highest BCUT2D eigenvalue weighted by Gasteiger charge is 2.27. The molecule has 0 saturated heterocycles. The number of nitrogens with two attached hydrogens (primary N) is 1. The molecular weight excluding hydrogens is 705 g/mol. The van der Waals surface area contributed by atoms with E-state index in [4.69, 9.17) is 24.8 Å². The van der Waals surface area contributed by atoms with Crippen LogP contribution in [0.2, 0.25) is 0 Å². The largest absolute Gasteiger partial charge is 0.480 e. The Morgan fingerprint density at radius 3 is 1.61 bits per heavy atom. The van der Waals surface area contributed by atoms with E-state index in [1.54, 1.807) is 0 Å². The fourth-order valence-corrected chi connectivity index (χ4v) is 5.54. The molecule has 0 amide bonds. The topological polar surface area (TPSA) is 155 Å². The number of aliphatic carboxylic acids is 1. The Bertz CT molecular complexity index is 1180. The molecule has 0 aromatic heterocycles. The Hall–Kier alpha value is -2.85. The average Bonchev–Trinajstić information content (AvgIpc) is 3.15. The predicted molar refractivity (Wildman–Crippen MR) is 221 cm³/mol. The fraction of sp³-hybridized carbons (Fsp3) is 0.628. The Morgan fingerprint density at radius 1 is 0.611 bits per heavy atom. The highest BCUT2D eigenvalue weighted by atomic mass is 31.2. The summed E-state index contributed by atoms with van der Waals surface area (Å²) < 4.78 is 33.2. The van der Waals surface area contributed by atoms with Gasteiger partial charge < -0.3 is 25.2 Å². The summed E-state index contributed by atoms with van der Waals surface area (Å²) in [4.78, 5) is 33.4. The number of unbranched alkanes of at least 4 members (excludes halogenated alkanes) is 9. The van der Waals surface area contributed by atoms with E-state index in [-0.39, 0.29) is 13.0 Å². The molecule has 0 radical (unpaired) electrons. The van der Waals surface area contributed by atoms with E-state index < -0.39 is 45.1 Å². The van der Waals surface area contributed by atoms with Crippen molar-refractivity contribution in [3.63, 3.8) is 0 Å². The zero-order chi connectivity index (χ0) is 39.8. The van der Waals surface area contributed by atoms with Gasteiger partial charge >= 0.3 is 19.8 Å². The minimum Gasteiger partial charge on any atom is -0.480 e. The summed E-state index contributed by atoms with van der Waals surface area (Å²) in [6.45, 7) is 3.56. The van der Waals surface area contributed by atoms with Crippen LogP contribution < -0.4 is 5.73 Å². The number of phosphoric acid groups is 1. The van der Waals surface area contributed by atoms with Gasteiger partial charge in [-0.2, -0.15) is 0 Å². The molecule has 0 fully saturated rings. The zero-order valence-electron chi connectivity index (χ0n) is 33.3. The second kappa shape index (κ2) is 38.4. The summed E-state index contributed by atoms with van der Waals surface area (Å²) in [7, 11) is -4.63. The third kappa shape index (κ3) is 37.5. The van der Waals surface area contributed by atoms with Gasteiger partial charge in [0.05, 0.1) is 19.8 Å². The molecule has 4 N–H and O–H groups in total. The van der Waals surface area contributed by atoms with Gasteiger partial charge in [0.25, 0.3) is 0 Å². The molecule has 0 bridgehead atoms. The number of carboxylic acids is 1. The second-order valence-corrected chi connectivity index (χ2v) is 14.5. The summed E-state index contributed by atoms with van der Waals surface area (Å²) >= 11 is 0. The molecule has 0 aromatic carbocycles. The molecule has 308 valence electrons. The van der Waals surface area contributed by atoms with Gasteiger partial charge in [0.15, 0.2) is 0 Å². The van der Waals surface area contributed by atoms with Gasteiger partial charge in [-0.3, -0.25) is 18.6 Å². The Morgan fingerprint density at radius 2 is 1.07 bits per heavy atom. The Balaban J connectivity index is 4.41. The van der Waals surface area contributed by atoms with Crippen LogP contribution >= 0.6 is 7.82 Å². The summed E-state index contributed by atoms with van der Waals surface area (Å²) in [6, 6.07) is -1.49. The van der Waals surface area contributed by atoms with E-state index >= 15 is 0 Å². The number of esters is 1. The number of carboxylic acid groups (broad SMARTS) is 1. The number of carbonyl (C=O) groups excluding carboxylic acids is 1. The lowest BCUT2D eigenvalue weighted by Gasteiger charge is -2.20. The lowest BCUT2D eigenvalue weighted by molar-refractivity contribution is -0.154. The maximum atomic E-state index is 12.6. The average molecular weight is 778 g/mol. The maximum Gasteiger partial charge on any atom is 0.472 e. The molecular formula is C43H72NO9P. The molecule has 3 atom stereocenters. The van der Waals surface area contributed by atoms with Crippen LogP contribution in [0.5, 0.6) is 0 Å². The minimum absolute atomic E-state index is 0.0237. The van der Waals surface area contributed by atoms with Crippen LogP contribution in [0.4, 0.5) is 0 Å². The minimum atomic E-state index is -4.63. The molecule has 0 saturated carbocycles. The van der Waals surface area contributed by atoms with Crippen LogP contribution in [0.3, 0.4) is 0 Å². The smallest absolute Gasteiger partial charge is 0.472 e. The van der Waals surface area contributed by atoms with Crippen LogP contribution in [-0.2, 0) is 32.7 Å². The first kappa shape index (κ1) is 51.1. The number of allylic oxidation sites excluding steroid dienone is 14. The molecule has 0 rings (SSSR count). The van der Waals surface area contributed by atoms with Gasteiger partial charge in [-0.1, -0.05) is 131 Å². The fourth-order valence-electron chi connectivity index (χ4n) is 4.76. The number of phosphoric ester groups is 1. The standard InChI is InChI=1S/C43H72NO9P/c1-3-5-7-9-11-13-15-17-19-20-21-22-24-26-28-30-32-34-36-50-37-40(38-51-54(48,49)52-39-41(44)43(46)47)53-42(45)35-33-31-29-27-25-23-18-16-14-12-10-8-6-4-2/h5,7,10-13,16-19,21-22,26,28,40-41H,3-4,6,8-9,14-15,20,23-25,27,29-39,44H2,1-2H3,(H,46,47)(H,48,49)/b7-5-,12-10-,13-11-,18-16-,19-17-,22-21-,28-26-. The number of hydrogen-bond donors (Lipinski definition) is 3. The van der Waals surface area contributed by atoms with E-state index in [0.717, 1.165) is 96.3 Å². The van der Waals surface area contributed by atoms with Gasteiger partial charge in [-0.25, -0.2) is 4.57 Å². The lowest BCUT2D eigenvalue weighted by Crippen LogP contribution is -2.34. The molecule has 0 aliphatic carbocycles. The molecule has 0 aromatic rings. The molecule has 54 heavy (non-hydrogen) atoms. The van der Waals surface area contributed by atoms with E-state index in [2.05, 4.69) is 103 Å². The predicted octanol–water partition coefficient (Wildman–Crippen LogP) is 10.8. The zero-order valence-corrected chi connectivity index (χ0v) is 34.2. The molecule has 0 aliphatic heterocycles. The number of rotatable bonds is 37. The van der Waals surface area contributed by atoms with Crippen molar-refractivity contribution in [2.24, 2.45) is 5.73 Å². The normalized spacial score (nSPS) is 14.9. The van der Waals surface area contributed by atoms with Crippen molar-refractivity contribution in [1.82, 2.24) is 0 Å². The van der Waals surface area contributed by atoms with Crippen LogP contribution in [0.1, 0.15) is 136 Å². The summed E-state index contributed by atoms with van der Waals surface area (Å²) in [6.07, 6.45) is 47.8. The van der Waals surface area contributed by atoms with Crippen molar-refractivity contribution < 1.29 is 42.7 Å². The van der Waals surface area contributed by atoms with Gasteiger partial charge in [0.1, 0.15) is 12.1 Å². The van der Waals surface area contributed by atoms with Crippen LogP contribution in [0, 0.1) is 0 Å². The quantitative estimate of drug-likeness (QED) is 0.0240. The van der Waals surface area contributed by atoms with E-state index in [0.29, 0.717) is 13.0 Å². The van der Waals surface area contributed by atoms with Gasteiger partial charge in [0.2, 0.25) is 0 Å². The maximum absolute atomic E-state index is 12.6. The van der Waals surface area contributed by atoms with Gasteiger partial charge in [-0.15, -0.1) is 0 Å². The van der Waals surface area contributed by atoms with Crippen molar-refractivity contribution in [2.45, 2.75) is 148 Å². The van der Waals surface area contributed by atoms with E-state index in [1.807, 2.05) is 0 Å². The first-order valence-corrected chi connectivity index (χ1v) is 21.6. The molecule has 0 heterocycles. The lowest BCUT2D eigenvalue weighted by atomic mass is 10.1. The summed E-state index contributed by atoms with van der Waals surface area (Å²) in [5.74, 6) is -1.82. The number of hydrogen-bond acceptors (Lipinski definition) is 8. The summed E-state index contributed by atoms with van der Waals surface area (Å²) in [5, 5.41) is 8.88. The van der Waals surface area contributed by atoms with Crippen molar-refractivity contribution in [2.75, 3.05) is 26.4 Å².